The average molecular weight is 577 g/mol. The molecule has 0 atom stereocenters. The van der Waals surface area contributed by atoms with E-state index in [0.29, 0.717) is 46.3 Å². The lowest BCUT2D eigenvalue weighted by molar-refractivity contribution is -0.111. The van der Waals surface area contributed by atoms with Crippen molar-refractivity contribution in [3.8, 4) is 17.0 Å². The van der Waals surface area contributed by atoms with Crippen LogP contribution in [0.15, 0.2) is 49.8 Å². The number of likely N-dealkylation sites (N-methyl/N-ethyl adjacent to an activating group) is 2. The van der Waals surface area contributed by atoms with Gasteiger partial charge in [-0.05, 0) is 51.7 Å². The van der Waals surface area contributed by atoms with E-state index in [2.05, 4.69) is 38.7 Å². The van der Waals surface area contributed by atoms with Gasteiger partial charge in [-0.1, -0.05) is 13.2 Å². The standard InChI is InChI=1S/C30H34F2N8O2/c1-9-26(41)35-22-13-23(25(42-8)14-24(22)39(7)11-10-38(5)6)36-30-33-15-21(32)27(37-30)19-12-20(31)29-34-18(4)28(17(2)3)40(29)16-19/h9,12-16H,1-2,10-11H2,3-8H3,(H,35,41)(H,33,36,37). The van der Waals surface area contributed by atoms with Gasteiger partial charge in [0, 0.05) is 38.0 Å². The smallest absolute Gasteiger partial charge is 0.247 e. The lowest BCUT2D eigenvalue weighted by Gasteiger charge is -2.26. The van der Waals surface area contributed by atoms with Crippen LogP contribution in [0.1, 0.15) is 18.3 Å². The van der Waals surface area contributed by atoms with Crippen LogP contribution >= 0.6 is 0 Å². The Kier molecular flexibility index (Phi) is 8.86. The van der Waals surface area contributed by atoms with Crippen LogP contribution in [-0.4, -0.2) is 71.5 Å². The van der Waals surface area contributed by atoms with Crippen molar-refractivity contribution in [3.63, 3.8) is 0 Å². The van der Waals surface area contributed by atoms with Crippen molar-refractivity contribution >= 4 is 40.1 Å². The third-order valence-electron chi connectivity index (χ3n) is 6.57. The second kappa shape index (κ2) is 12.4. The van der Waals surface area contributed by atoms with Crippen LogP contribution in [0.2, 0.25) is 0 Å². The van der Waals surface area contributed by atoms with Gasteiger partial charge in [0.15, 0.2) is 17.3 Å². The summed E-state index contributed by atoms with van der Waals surface area (Å²) in [7, 11) is 7.36. The van der Waals surface area contributed by atoms with Gasteiger partial charge in [-0.2, -0.15) is 0 Å². The van der Waals surface area contributed by atoms with E-state index in [1.807, 2.05) is 30.9 Å². The number of imidazole rings is 1. The van der Waals surface area contributed by atoms with E-state index < -0.39 is 17.5 Å². The summed E-state index contributed by atoms with van der Waals surface area (Å²) < 4.78 is 37.3. The lowest BCUT2D eigenvalue weighted by Crippen LogP contribution is -2.29. The van der Waals surface area contributed by atoms with Gasteiger partial charge >= 0.3 is 0 Å². The number of hydrogen-bond donors (Lipinski definition) is 2. The van der Waals surface area contributed by atoms with Crippen LogP contribution < -0.4 is 20.3 Å². The Morgan fingerprint density at radius 2 is 1.86 bits per heavy atom. The molecule has 4 aromatic rings. The summed E-state index contributed by atoms with van der Waals surface area (Å²) in [4.78, 5) is 29.0. The number of carbonyl (C=O) groups excluding carboxylic acids is 1. The van der Waals surface area contributed by atoms with Crippen LogP contribution in [0.5, 0.6) is 5.75 Å². The Hall–Kier alpha value is -4.84. The van der Waals surface area contributed by atoms with Crippen molar-refractivity contribution in [3.05, 3.63) is 72.8 Å². The van der Waals surface area contributed by atoms with Gasteiger partial charge in [0.05, 0.1) is 41.8 Å². The first kappa shape index (κ1) is 30.1. The van der Waals surface area contributed by atoms with E-state index in [-0.39, 0.29) is 22.9 Å². The Morgan fingerprint density at radius 1 is 1.12 bits per heavy atom. The van der Waals surface area contributed by atoms with E-state index in [0.717, 1.165) is 12.7 Å². The summed E-state index contributed by atoms with van der Waals surface area (Å²) >= 11 is 0. The number of anilines is 4. The number of amides is 1. The fourth-order valence-electron chi connectivity index (χ4n) is 4.52. The van der Waals surface area contributed by atoms with Crippen LogP contribution in [0.25, 0.3) is 22.5 Å². The zero-order valence-electron chi connectivity index (χ0n) is 24.5. The predicted molar refractivity (Wildman–Crippen MR) is 163 cm³/mol. The number of pyridine rings is 1. The molecule has 0 unspecified atom stereocenters. The molecular formula is C30H34F2N8O2. The number of allylic oxidation sites excluding steroid dienone is 1. The Bertz CT molecular complexity index is 1680. The van der Waals surface area contributed by atoms with Crippen molar-refractivity contribution in [1.29, 1.82) is 0 Å². The van der Waals surface area contributed by atoms with Gasteiger partial charge in [-0.25, -0.2) is 23.7 Å². The molecule has 0 radical (unpaired) electrons. The quantitative estimate of drug-likeness (QED) is 0.233. The molecule has 0 saturated heterocycles. The molecule has 220 valence electrons. The molecular weight excluding hydrogens is 542 g/mol. The maximum Gasteiger partial charge on any atom is 0.247 e. The largest absolute Gasteiger partial charge is 0.494 e. The molecule has 3 heterocycles. The number of aromatic nitrogens is 4. The summed E-state index contributed by atoms with van der Waals surface area (Å²) in [6, 6.07) is 4.62. The number of benzene rings is 1. The topological polar surface area (TPSA) is 99.9 Å². The number of fused-ring (bicyclic) bond motifs is 1. The van der Waals surface area contributed by atoms with E-state index in [9.17, 15) is 4.79 Å². The molecule has 4 rings (SSSR count). The van der Waals surface area contributed by atoms with Crippen molar-refractivity contribution in [2.24, 2.45) is 0 Å². The molecule has 0 spiro atoms. The lowest BCUT2D eigenvalue weighted by atomic mass is 10.1. The number of rotatable bonds is 11. The molecule has 0 aliphatic rings. The van der Waals surface area contributed by atoms with E-state index >= 15 is 8.78 Å². The van der Waals surface area contributed by atoms with Crippen LogP contribution in [0, 0.1) is 18.6 Å². The van der Waals surface area contributed by atoms with Gasteiger partial charge in [0.1, 0.15) is 11.4 Å². The third kappa shape index (κ3) is 6.23. The minimum absolute atomic E-state index is 0.0295. The molecule has 0 bridgehead atoms. The average Bonchev–Trinajstić information content (AvgIpc) is 3.29. The van der Waals surface area contributed by atoms with Gasteiger partial charge < -0.3 is 25.2 Å². The van der Waals surface area contributed by atoms with Gasteiger partial charge in [0.2, 0.25) is 11.9 Å². The summed E-state index contributed by atoms with van der Waals surface area (Å²) in [5.41, 5.74) is 3.71. The Labute approximate surface area is 243 Å². The highest BCUT2D eigenvalue weighted by Crippen LogP contribution is 2.38. The number of nitrogens with one attached hydrogen (secondary N) is 2. The van der Waals surface area contributed by atoms with E-state index in [4.69, 9.17) is 4.74 Å². The molecule has 0 aliphatic heterocycles. The summed E-state index contributed by atoms with van der Waals surface area (Å²) in [5, 5.41) is 5.88. The molecule has 2 N–H and O–H groups in total. The maximum atomic E-state index is 15.1. The fraction of sp³-hybridized carbons (Fsp3) is 0.267. The number of methoxy groups -OCH3 is 1. The zero-order chi connectivity index (χ0) is 30.7. The first-order valence-electron chi connectivity index (χ1n) is 13.1. The Morgan fingerprint density at radius 3 is 2.50 bits per heavy atom. The summed E-state index contributed by atoms with van der Waals surface area (Å²) in [6.45, 7) is 12.5. The van der Waals surface area contributed by atoms with Crippen LogP contribution in [0.3, 0.4) is 0 Å². The van der Waals surface area contributed by atoms with Crippen LogP contribution in [0.4, 0.5) is 31.8 Å². The maximum absolute atomic E-state index is 15.1. The molecule has 0 saturated carbocycles. The normalized spacial score (nSPS) is 11.1. The number of aryl methyl sites for hydroxylation is 1. The minimum atomic E-state index is -0.739. The molecule has 1 amide bonds. The van der Waals surface area contributed by atoms with Crippen molar-refractivity contribution in [1.82, 2.24) is 24.3 Å². The molecule has 10 nitrogen and oxygen atoms in total. The molecule has 42 heavy (non-hydrogen) atoms. The van der Waals surface area contributed by atoms with Crippen LogP contribution in [-0.2, 0) is 4.79 Å². The van der Waals surface area contributed by atoms with Crippen molar-refractivity contribution < 1.29 is 18.3 Å². The van der Waals surface area contributed by atoms with Gasteiger partial charge in [0.25, 0.3) is 0 Å². The molecule has 12 heteroatoms. The van der Waals surface area contributed by atoms with Gasteiger partial charge in [-0.15, -0.1) is 0 Å². The number of hydrogen-bond acceptors (Lipinski definition) is 8. The van der Waals surface area contributed by atoms with Crippen molar-refractivity contribution in [2.45, 2.75) is 13.8 Å². The Balaban J connectivity index is 1.77. The minimum Gasteiger partial charge on any atom is -0.494 e. The number of halogens is 2. The predicted octanol–water partition coefficient (Wildman–Crippen LogP) is 5.29. The molecule has 0 fully saturated rings. The fourth-order valence-corrected chi connectivity index (χ4v) is 4.52. The first-order chi connectivity index (χ1) is 19.9. The second-order valence-corrected chi connectivity index (χ2v) is 10.1. The highest BCUT2D eigenvalue weighted by Gasteiger charge is 2.20. The second-order valence-electron chi connectivity index (χ2n) is 10.1. The molecule has 3 aromatic heterocycles. The highest BCUT2D eigenvalue weighted by molar-refractivity contribution is 6.02. The molecule has 1 aromatic carbocycles. The van der Waals surface area contributed by atoms with E-state index in [1.54, 1.807) is 36.6 Å². The summed E-state index contributed by atoms with van der Waals surface area (Å²) in [6.07, 6.45) is 3.74. The first-order valence-corrected chi connectivity index (χ1v) is 13.1. The van der Waals surface area contributed by atoms with Gasteiger partial charge in [-0.3, -0.25) is 9.20 Å². The SMILES string of the molecule is C=CC(=O)Nc1cc(Nc2ncc(F)c(-c3cc(F)c4nc(C)c(C(=C)C)n4c3)n2)c(OC)cc1N(C)CCN(C)C. The third-order valence-corrected chi connectivity index (χ3v) is 6.57. The number of carbonyl (C=O) groups is 1. The number of nitrogens with zero attached hydrogens (tertiary/aromatic N) is 6. The summed E-state index contributed by atoms with van der Waals surface area (Å²) in [5.74, 6) is -1.30. The number of ether oxygens (including phenoxy) is 1. The molecule has 0 aliphatic carbocycles. The zero-order valence-corrected chi connectivity index (χ0v) is 24.5. The van der Waals surface area contributed by atoms with E-state index in [1.165, 1.54) is 19.3 Å². The highest BCUT2D eigenvalue weighted by atomic mass is 19.1. The van der Waals surface area contributed by atoms with Crippen molar-refractivity contribution in [2.75, 3.05) is 56.9 Å². The monoisotopic (exact) mass is 576 g/mol.